The molecule has 0 aromatic rings. The summed E-state index contributed by atoms with van der Waals surface area (Å²) in [6, 6.07) is -20.3. The van der Waals surface area contributed by atoms with Crippen LogP contribution < -0.4 is 70.8 Å². The average molecular weight is 1630 g/mol. The van der Waals surface area contributed by atoms with Crippen molar-refractivity contribution in [2.45, 2.75) is 283 Å². The van der Waals surface area contributed by atoms with E-state index in [0.717, 1.165) is 36.8 Å². The normalized spacial score (nSPS) is 24.6. The molecule has 2 heterocycles. The van der Waals surface area contributed by atoms with Gasteiger partial charge in [-0.15, -0.1) is 0 Å². The van der Waals surface area contributed by atoms with Gasteiger partial charge in [0.25, 0.3) is 5.91 Å². The van der Waals surface area contributed by atoms with E-state index in [0.29, 0.717) is 5.92 Å². The summed E-state index contributed by atoms with van der Waals surface area (Å²) in [7, 11) is 2.31. The van der Waals surface area contributed by atoms with E-state index in [1.807, 2.05) is 13.8 Å². The number of aliphatic carboxylic acids is 2. The standard InChI is InChI=1S/C75H131N15O24/c1-16-37(6)32-38(7)40(9)59(97)43(12)64(101)81-46(21-19-28-76)65(102)80-45(24-27-54(93)94)60(98)61(99)72(109)86-56(41(10)42(11)63(79)100)69(106)88-58-62(39(8)36(4)5)114-75(112)52-23-17-18-30-90(52)74(111)49(33-55(95)96)84-70(107)57(44(13)113-15)87-68(105)51(25-26-53(78)92)89(14)73(110)48(31-35(2)3)83-66(103)47(22-20-29-77)82-67(104)50(34-91)85-71(58)108/h35-52,56-62,91,97-99H,16-34,76-77H2,1-15H3,(H2,78,92)(H2,79,100)(H,80,102)(H,81,101)(H,82,104)(H,83,103)(H,84,107)(H,85,108)(H,86,109)(H,87,105)(H,88,106)(H,93,94)(H,95,96). The molecule has 2 aliphatic heterocycles. The van der Waals surface area contributed by atoms with Gasteiger partial charge < -0.3 is 121 Å². The summed E-state index contributed by atoms with van der Waals surface area (Å²) in [4.78, 5) is 229. The van der Waals surface area contributed by atoms with E-state index >= 15 is 19.2 Å². The smallest absolute Gasteiger partial charge is 0.329 e. The van der Waals surface area contributed by atoms with Gasteiger partial charge in [-0.3, -0.25) is 71.9 Å². The fraction of sp³-hybridized carbons (Fsp3) is 0.787. The fourth-order valence-corrected chi connectivity index (χ4v) is 13.5. The SMILES string of the molecule is CCC(C)CC(C)C(C)C(O)C(C)C(=O)NC(CCCN)C(=O)NC(CCC(=O)O)C(O)C(O)C(=O)NC(C(=O)NC1C(=O)NC(CO)C(=O)NC(CCCN)C(=O)NC(CC(C)C)C(=O)N(C)C(CCC(N)=O)C(=O)NC(C(C)OC)C(=O)NC(CC(=O)O)C(=O)N2CCCCC2C(=O)OC1C(C)C(C)C)C(C)C(C)C(N)=O. The van der Waals surface area contributed by atoms with Crippen LogP contribution in [0.5, 0.6) is 0 Å². The number of rotatable bonds is 40. The van der Waals surface area contributed by atoms with Crippen LogP contribution in [0.2, 0.25) is 0 Å². The number of cyclic esters (lactones) is 1. The number of hydrogen-bond acceptors (Lipinski definition) is 24. The summed E-state index contributed by atoms with van der Waals surface area (Å²) in [5.41, 5.74) is 23.0. The number of methoxy groups -OCH3 is 1. The Labute approximate surface area is 666 Å². The molecule has 2 saturated heterocycles. The molecule has 0 spiro atoms. The van der Waals surface area contributed by atoms with Crippen molar-refractivity contribution < 1.29 is 117 Å². The van der Waals surface area contributed by atoms with Crippen LogP contribution in [0, 0.1) is 53.3 Å². The Bertz CT molecular complexity index is 3260. The third kappa shape index (κ3) is 31.1. The topological polar surface area (TPSA) is 632 Å². The van der Waals surface area contributed by atoms with Crippen molar-refractivity contribution >= 4 is 94.7 Å². The van der Waals surface area contributed by atoms with Gasteiger partial charge in [0.05, 0.1) is 37.2 Å². The molecular formula is C75H131N15O24. The lowest BCUT2D eigenvalue weighted by atomic mass is 9.79. The molecular weight excluding hydrogens is 1490 g/mol. The van der Waals surface area contributed by atoms with Gasteiger partial charge in [-0.2, -0.15) is 0 Å². The molecule has 114 heavy (non-hydrogen) atoms. The van der Waals surface area contributed by atoms with E-state index in [9.17, 15) is 88.2 Å². The van der Waals surface area contributed by atoms with Crippen LogP contribution in [0.4, 0.5) is 0 Å². The van der Waals surface area contributed by atoms with Crippen molar-refractivity contribution in [1.82, 2.24) is 57.7 Å². The van der Waals surface area contributed by atoms with Gasteiger partial charge in [0.1, 0.15) is 72.6 Å². The van der Waals surface area contributed by atoms with Crippen molar-refractivity contribution in [3.8, 4) is 0 Å². The molecule has 0 aromatic heterocycles. The largest absolute Gasteiger partial charge is 0.481 e. The molecule has 0 aromatic carbocycles. The maximum atomic E-state index is 15.5. The number of primary amides is 2. The summed E-state index contributed by atoms with van der Waals surface area (Å²) in [5, 5.41) is 88.2. The maximum Gasteiger partial charge on any atom is 0.329 e. The molecule has 23 unspecified atom stereocenters. The lowest BCUT2D eigenvalue weighted by Gasteiger charge is -2.39. The van der Waals surface area contributed by atoms with Crippen molar-refractivity contribution in [3.63, 3.8) is 0 Å². The first-order valence-electron chi connectivity index (χ1n) is 39.4. The fourth-order valence-electron chi connectivity index (χ4n) is 13.5. The summed E-state index contributed by atoms with van der Waals surface area (Å²) in [6.07, 6.45) is -11.9. The Morgan fingerprint density at radius 2 is 1.23 bits per heavy atom. The summed E-state index contributed by atoms with van der Waals surface area (Å²) >= 11 is 0. The number of amides is 13. The highest BCUT2D eigenvalue weighted by Crippen LogP contribution is 2.30. The van der Waals surface area contributed by atoms with Gasteiger partial charge in [-0.25, -0.2) is 4.79 Å². The molecule has 23 N–H and O–H groups in total. The van der Waals surface area contributed by atoms with Gasteiger partial charge in [-0.05, 0) is 132 Å². The Morgan fingerprint density at radius 3 is 1.77 bits per heavy atom. The maximum absolute atomic E-state index is 15.5. The van der Waals surface area contributed by atoms with E-state index in [1.54, 1.807) is 34.6 Å². The van der Waals surface area contributed by atoms with Crippen LogP contribution in [-0.2, 0) is 86.2 Å². The highest BCUT2D eigenvalue weighted by atomic mass is 16.5. The van der Waals surface area contributed by atoms with E-state index in [4.69, 9.17) is 32.4 Å². The first-order valence-corrected chi connectivity index (χ1v) is 39.4. The van der Waals surface area contributed by atoms with E-state index in [1.165, 1.54) is 34.6 Å². The van der Waals surface area contributed by atoms with Crippen LogP contribution in [0.15, 0.2) is 0 Å². The van der Waals surface area contributed by atoms with E-state index in [2.05, 4.69) is 54.8 Å². The van der Waals surface area contributed by atoms with Gasteiger partial charge in [0, 0.05) is 39.5 Å². The zero-order chi connectivity index (χ0) is 87.0. The number of carbonyl (C=O) groups excluding carboxylic acids is 14. The van der Waals surface area contributed by atoms with Crippen molar-refractivity contribution in [3.05, 3.63) is 0 Å². The minimum atomic E-state index is -2.73. The molecule has 2 fully saturated rings. The number of hydrogen-bond donors (Lipinski definition) is 19. The summed E-state index contributed by atoms with van der Waals surface area (Å²) in [5.74, 6) is -25.9. The highest BCUT2D eigenvalue weighted by Gasteiger charge is 2.48. The number of carboxylic acid groups (broad SMARTS) is 2. The number of nitrogens with two attached hydrogens (primary N) is 4. The number of carbonyl (C=O) groups is 16. The Balaban J connectivity index is 3.11. The van der Waals surface area contributed by atoms with Gasteiger partial charge >= 0.3 is 17.9 Å². The number of esters is 1. The van der Waals surface area contributed by atoms with E-state index < -0.39 is 266 Å². The molecule has 2 aliphatic rings. The third-order valence-electron chi connectivity index (χ3n) is 22.0. The minimum absolute atomic E-state index is 0.0121. The lowest BCUT2D eigenvalue weighted by molar-refractivity contribution is -0.168. The van der Waals surface area contributed by atoms with Gasteiger partial charge in [0.2, 0.25) is 70.9 Å². The number of nitrogens with one attached hydrogen (secondary N) is 9. The number of likely N-dealkylation sites (N-methyl/N-ethyl adjacent to an activating group) is 1. The molecule has 0 bridgehead atoms. The second-order valence-corrected chi connectivity index (χ2v) is 31.4. The van der Waals surface area contributed by atoms with Crippen molar-refractivity contribution in [1.29, 1.82) is 0 Å². The lowest BCUT2D eigenvalue weighted by Crippen LogP contribution is -2.65. The zero-order valence-corrected chi connectivity index (χ0v) is 68.6. The predicted octanol–water partition coefficient (Wildman–Crippen LogP) is -3.88. The first kappa shape index (κ1) is 101. The molecule has 23 atom stereocenters. The Hall–Kier alpha value is -8.76. The minimum Gasteiger partial charge on any atom is -0.481 e. The third-order valence-corrected chi connectivity index (χ3v) is 22.0. The van der Waals surface area contributed by atoms with Crippen LogP contribution in [0.3, 0.4) is 0 Å². The average Bonchev–Trinajstić information content (AvgIpc) is 0.829. The molecule has 2 rings (SSSR count). The first-order chi connectivity index (χ1) is 53.3. The molecule has 650 valence electrons. The second kappa shape index (κ2) is 49.2. The Morgan fingerprint density at radius 1 is 0.632 bits per heavy atom. The monoisotopic (exact) mass is 1630 g/mol. The van der Waals surface area contributed by atoms with Crippen molar-refractivity contribution in [2.24, 2.45) is 76.2 Å². The van der Waals surface area contributed by atoms with Crippen LogP contribution in [0.1, 0.15) is 186 Å². The number of ether oxygens (including phenoxy) is 2. The summed E-state index contributed by atoms with van der Waals surface area (Å²) < 4.78 is 11.7. The molecule has 39 heteroatoms. The molecule has 0 radical (unpaired) electrons. The number of aliphatic hydroxyl groups is 4. The van der Waals surface area contributed by atoms with Crippen molar-refractivity contribution in [2.75, 3.05) is 40.4 Å². The summed E-state index contributed by atoms with van der Waals surface area (Å²) in [6.45, 7) is 19.4. The van der Waals surface area contributed by atoms with Crippen LogP contribution in [0.25, 0.3) is 0 Å². The van der Waals surface area contributed by atoms with Crippen LogP contribution in [-0.4, -0.2) is 273 Å². The Kier molecular flexibility index (Phi) is 43.7. The number of fused-ring (bicyclic) bond motifs is 1. The number of aliphatic hydroxyl groups excluding tert-OH is 4. The number of nitrogens with zero attached hydrogens (tertiary/aromatic N) is 2. The number of piperidine rings is 1. The molecule has 0 saturated carbocycles. The van der Waals surface area contributed by atoms with Crippen LogP contribution >= 0.6 is 0 Å². The predicted molar refractivity (Wildman–Crippen MR) is 411 cm³/mol. The molecule has 39 nitrogen and oxygen atoms in total. The molecule has 13 amide bonds. The quantitative estimate of drug-likeness (QED) is 0.0261. The molecule has 0 aliphatic carbocycles. The zero-order valence-electron chi connectivity index (χ0n) is 68.6. The second-order valence-electron chi connectivity index (χ2n) is 31.4. The van der Waals surface area contributed by atoms with E-state index in [-0.39, 0.29) is 82.8 Å². The highest BCUT2D eigenvalue weighted by molar-refractivity contribution is 6.00. The van der Waals surface area contributed by atoms with Gasteiger partial charge in [0.15, 0.2) is 6.10 Å². The van der Waals surface area contributed by atoms with Gasteiger partial charge in [-0.1, -0.05) is 89.5 Å². The number of carboxylic acids is 2.